The van der Waals surface area contributed by atoms with E-state index in [1.54, 1.807) is 6.20 Å². The maximum Gasteiger partial charge on any atom is 0.234 e. The van der Waals surface area contributed by atoms with Crippen molar-refractivity contribution in [1.82, 2.24) is 19.9 Å². The Hall–Kier alpha value is -2.16. The normalized spacial score (nSPS) is 22.5. The smallest absolute Gasteiger partial charge is 0.234 e. The largest absolute Gasteiger partial charge is 0.474 e. The Labute approximate surface area is 201 Å². The maximum absolute atomic E-state index is 8.59. The number of nitrogen functional groups attached to an aromatic ring is 2. The molecule has 33 heavy (non-hydrogen) atoms. The van der Waals surface area contributed by atoms with Gasteiger partial charge in [-0.2, -0.15) is 4.98 Å². The van der Waals surface area contributed by atoms with E-state index in [2.05, 4.69) is 35.9 Å². The minimum atomic E-state index is -0.532. The summed E-state index contributed by atoms with van der Waals surface area (Å²) in [7, 11) is 0. The summed E-state index contributed by atoms with van der Waals surface area (Å²) >= 11 is 3.11. The van der Waals surface area contributed by atoms with Crippen LogP contribution in [0.4, 0.5) is 11.6 Å². The van der Waals surface area contributed by atoms with Gasteiger partial charge in [0.1, 0.15) is 35.1 Å². The van der Waals surface area contributed by atoms with Gasteiger partial charge < -0.3 is 40.3 Å². The first-order chi connectivity index (χ1) is 15.5. The fourth-order valence-corrected chi connectivity index (χ4v) is 2.99. The molecule has 2 aromatic rings. The Morgan fingerprint density at radius 2 is 1.48 bits per heavy atom. The van der Waals surface area contributed by atoms with Crippen molar-refractivity contribution in [3.05, 3.63) is 29.4 Å². The van der Waals surface area contributed by atoms with Crippen molar-refractivity contribution in [1.29, 1.82) is 0 Å². The van der Waals surface area contributed by atoms with Gasteiger partial charge in [-0.05, 0) is 43.6 Å². The first kappa shape index (κ1) is 27.1. The summed E-state index contributed by atoms with van der Waals surface area (Å²) in [5, 5.41) is 8.59. The molecule has 4 rings (SSSR count). The van der Waals surface area contributed by atoms with Crippen LogP contribution in [0, 0.1) is 0 Å². The Balaban J connectivity index is 0.000000192. The molecule has 0 aliphatic carbocycles. The Morgan fingerprint density at radius 3 is 1.88 bits per heavy atom. The number of aliphatic hydroxyl groups excluding tert-OH is 1. The van der Waals surface area contributed by atoms with Crippen LogP contribution in [0.3, 0.4) is 0 Å². The summed E-state index contributed by atoms with van der Waals surface area (Å²) in [5.41, 5.74) is 10.7. The van der Waals surface area contributed by atoms with Crippen molar-refractivity contribution >= 4 is 27.6 Å². The highest BCUT2D eigenvalue weighted by Gasteiger charge is 2.33. The summed E-state index contributed by atoms with van der Waals surface area (Å²) in [6.07, 6.45) is 5.84. The molecule has 0 unspecified atom stereocenters. The zero-order chi connectivity index (χ0) is 24.5. The summed E-state index contributed by atoms with van der Waals surface area (Å²) in [6, 6.07) is 0. The lowest BCUT2D eigenvalue weighted by atomic mass is 10.4. The average molecular weight is 531 g/mol. The van der Waals surface area contributed by atoms with Crippen molar-refractivity contribution in [2.24, 2.45) is 0 Å². The molecule has 12 nitrogen and oxygen atoms in total. The zero-order valence-electron chi connectivity index (χ0n) is 19.1. The lowest BCUT2D eigenvalue weighted by Gasteiger charge is -2.17. The molecule has 2 saturated heterocycles. The maximum atomic E-state index is 8.59. The number of nitrogens with zero attached hydrogens (tertiary/aromatic N) is 4. The molecule has 2 aliphatic heterocycles. The van der Waals surface area contributed by atoms with Crippen LogP contribution < -0.4 is 16.2 Å². The van der Waals surface area contributed by atoms with E-state index in [0.717, 1.165) is 0 Å². The monoisotopic (exact) mass is 530 g/mol. The number of aliphatic hydroxyl groups is 1. The van der Waals surface area contributed by atoms with Crippen LogP contribution in [0.5, 0.6) is 5.88 Å². The quantitative estimate of drug-likeness (QED) is 0.521. The van der Waals surface area contributed by atoms with Crippen LogP contribution in [0.1, 0.15) is 27.7 Å². The van der Waals surface area contributed by atoms with Gasteiger partial charge >= 0.3 is 0 Å². The molecule has 4 heterocycles. The highest BCUT2D eigenvalue weighted by atomic mass is 79.9. The van der Waals surface area contributed by atoms with Crippen molar-refractivity contribution in [2.75, 3.05) is 37.9 Å². The van der Waals surface area contributed by atoms with Crippen molar-refractivity contribution in [2.45, 2.75) is 51.5 Å². The SMILES string of the molecule is CC1(C)OC[C@H](CO)O1.CC1(C)OC[C@H](COc2cncc(N)n2)O1.Nc1cncc(Br)n1. The molecular weight excluding hydrogens is 500 g/mol. The second-order valence-corrected chi connectivity index (χ2v) is 8.76. The van der Waals surface area contributed by atoms with Crippen LogP contribution in [0.25, 0.3) is 0 Å². The van der Waals surface area contributed by atoms with Gasteiger partial charge in [-0.1, -0.05) is 0 Å². The van der Waals surface area contributed by atoms with Crippen LogP contribution in [0.2, 0.25) is 0 Å². The molecule has 0 bridgehead atoms. The van der Waals surface area contributed by atoms with E-state index in [1.807, 2.05) is 27.7 Å². The number of ether oxygens (including phenoxy) is 5. The fraction of sp³-hybridized carbons (Fsp3) is 0.600. The lowest BCUT2D eigenvalue weighted by molar-refractivity contribution is -0.142. The number of hydrogen-bond acceptors (Lipinski definition) is 12. The number of aromatic nitrogens is 4. The number of halogens is 1. The second kappa shape index (κ2) is 12.3. The molecule has 2 aliphatic rings. The molecule has 2 fully saturated rings. The summed E-state index contributed by atoms with van der Waals surface area (Å²) in [5.74, 6) is 0.136. The third-order valence-electron chi connectivity index (χ3n) is 4.01. The summed E-state index contributed by atoms with van der Waals surface area (Å²) in [4.78, 5) is 15.4. The van der Waals surface area contributed by atoms with E-state index < -0.39 is 11.6 Å². The minimum Gasteiger partial charge on any atom is -0.474 e. The highest BCUT2D eigenvalue weighted by Crippen LogP contribution is 2.23. The predicted octanol–water partition coefficient (Wildman–Crippen LogP) is 1.54. The molecule has 0 saturated carbocycles. The van der Waals surface area contributed by atoms with Crippen LogP contribution in [-0.4, -0.2) is 75.3 Å². The second-order valence-electron chi connectivity index (χ2n) is 7.94. The van der Waals surface area contributed by atoms with E-state index in [0.29, 0.717) is 41.9 Å². The molecule has 5 N–H and O–H groups in total. The van der Waals surface area contributed by atoms with Gasteiger partial charge in [-0.3, -0.25) is 9.97 Å². The fourth-order valence-electron chi connectivity index (χ4n) is 2.66. The van der Waals surface area contributed by atoms with Gasteiger partial charge in [0, 0.05) is 0 Å². The average Bonchev–Trinajstić information content (AvgIpc) is 3.27. The molecule has 13 heteroatoms. The minimum absolute atomic E-state index is 0.0451. The van der Waals surface area contributed by atoms with Crippen molar-refractivity contribution in [3.8, 4) is 5.88 Å². The zero-order valence-corrected chi connectivity index (χ0v) is 20.7. The summed E-state index contributed by atoms with van der Waals surface area (Å²) < 4.78 is 27.4. The molecule has 0 amide bonds. The van der Waals surface area contributed by atoms with Gasteiger partial charge in [0.05, 0.1) is 44.6 Å². The number of hydrogen-bond donors (Lipinski definition) is 3. The topological polar surface area (TPSA) is 170 Å². The summed E-state index contributed by atoms with van der Waals surface area (Å²) in [6.45, 7) is 8.85. The van der Waals surface area contributed by atoms with E-state index in [-0.39, 0.29) is 18.8 Å². The third kappa shape index (κ3) is 10.5. The number of rotatable bonds is 4. The van der Waals surface area contributed by atoms with E-state index in [4.69, 9.17) is 40.3 Å². The molecule has 2 aromatic heterocycles. The Morgan fingerprint density at radius 1 is 0.939 bits per heavy atom. The van der Waals surface area contributed by atoms with Crippen molar-refractivity contribution in [3.63, 3.8) is 0 Å². The third-order valence-corrected chi connectivity index (χ3v) is 4.39. The van der Waals surface area contributed by atoms with E-state index in [1.165, 1.54) is 18.6 Å². The molecule has 184 valence electrons. The van der Waals surface area contributed by atoms with E-state index in [9.17, 15) is 0 Å². The van der Waals surface area contributed by atoms with Gasteiger partial charge in [-0.25, -0.2) is 4.98 Å². The molecule has 0 radical (unpaired) electrons. The standard InChI is InChI=1S/C10H15N3O3.C6H12O3.C4H4BrN3/c1-10(2)15-6-7(16-10)5-14-9-4-12-3-8(11)13-9;1-6(2)8-4-5(3-7)9-6;5-3-1-7-2-4(6)8-3/h3-4,7H,5-6H2,1-2H3,(H2,11,13);5,7H,3-4H2,1-2H3;1-2H,(H2,6,8)/t7-;5-;/m00./s1. The van der Waals surface area contributed by atoms with Crippen molar-refractivity contribution < 1.29 is 28.8 Å². The first-order valence-corrected chi connectivity index (χ1v) is 10.9. The van der Waals surface area contributed by atoms with Crippen LogP contribution in [-0.2, 0) is 18.9 Å². The van der Waals surface area contributed by atoms with E-state index >= 15 is 0 Å². The Kier molecular flexibility index (Phi) is 10.1. The molecule has 2 atom stereocenters. The number of nitrogens with two attached hydrogens (primary N) is 2. The van der Waals surface area contributed by atoms with Gasteiger partial charge in [0.15, 0.2) is 11.6 Å². The highest BCUT2D eigenvalue weighted by molar-refractivity contribution is 9.10. The predicted molar refractivity (Wildman–Crippen MR) is 123 cm³/mol. The molecule has 0 aromatic carbocycles. The molecule has 0 spiro atoms. The lowest BCUT2D eigenvalue weighted by Crippen LogP contribution is -2.25. The van der Waals surface area contributed by atoms with Crippen LogP contribution in [0.15, 0.2) is 29.4 Å². The van der Waals surface area contributed by atoms with Crippen LogP contribution >= 0.6 is 15.9 Å². The molecular formula is C20H31BrN6O6. The van der Waals surface area contributed by atoms with Gasteiger partial charge in [0.2, 0.25) is 5.88 Å². The number of anilines is 2. The first-order valence-electron chi connectivity index (χ1n) is 10.2. The van der Waals surface area contributed by atoms with Gasteiger partial charge in [-0.15, -0.1) is 0 Å². The van der Waals surface area contributed by atoms with Gasteiger partial charge in [0.25, 0.3) is 0 Å². The Bertz CT molecular complexity index is 857.